The van der Waals surface area contributed by atoms with Gasteiger partial charge in [0.25, 0.3) is 0 Å². The van der Waals surface area contributed by atoms with Gasteiger partial charge in [0.1, 0.15) is 11.6 Å². The Labute approximate surface area is 124 Å². The fourth-order valence-corrected chi connectivity index (χ4v) is 2.56. The second kappa shape index (κ2) is 6.68. The largest absolute Gasteiger partial charge is 0.496 e. The molecule has 0 fully saturated rings. The van der Waals surface area contributed by atoms with Crippen molar-refractivity contribution < 1.29 is 14.2 Å². The molecule has 1 N–H and O–H groups in total. The number of aliphatic hydroxyl groups excluding tert-OH is 1. The number of hydrogen-bond donors (Lipinski definition) is 1. The Morgan fingerprint density at radius 3 is 2.71 bits per heavy atom. The molecule has 0 aliphatic rings. The number of halogens is 1. The summed E-state index contributed by atoms with van der Waals surface area (Å²) < 4.78 is 18.7. The molecule has 0 spiro atoms. The summed E-state index contributed by atoms with van der Waals surface area (Å²) in [5.74, 6) is 0.340. The highest BCUT2D eigenvalue weighted by Crippen LogP contribution is 2.28. The summed E-state index contributed by atoms with van der Waals surface area (Å²) in [5, 5.41) is 9.62. The second-order valence-electron chi connectivity index (χ2n) is 5.18. The van der Waals surface area contributed by atoms with Crippen LogP contribution in [0.15, 0.2) is 30.5 Å². The van der Waals surface area contributed by atoms with E-state index in [2.05, 4.69) is 4.98 Å². The molecule has 0 radical (unpaired) electrons. The summed E-state index contributed by atoms with van der Waals surface area (Å²) in [4.78, 5) is 4.44. The van der Waals surface area contributed by atoms with Crippen LogP contribution in [0.3, 0.4) is 0 Å². The summed E-state index contributed by atoms with van der Waals surface area (Å²) in [6.07, 6.45) is 2.31. The smallest absolute Gasteiger partial charge is 0.128 e. The van der Waals surface area contributed by atoms with Crippen LogP contribution in [0.2, 0.25) is 0 Å². The van der Waals surface area contributed by atoms with Crippen molar-refractivity contribution in [2.24, 2.45) is 0 Å². The van der Waals surface area contributed by atoms with E-state index in [1.165, 1.54) is 12.1 Å². The van der Waals surface area contributed by atoms with E-state index >= 15 is 0 Å². The van der Waals surface area contributed by atoms with Crippen molar-refractivity contribution in [3.63, 3.8) is 0 Å². The monoisotopic (exact) mass is 289 g/mol. The van der Waals surface area contributed by atoms with Crippen LogP contribution in [0.1, 0.15) is 28.3 Å². The van der Waals surface area contributed by atoms with Crippen LogP contribution in [0.5, 0.6) is 5.75 Å². The first kappa shape index (κ1) is 15.4. The van der Waals surface area contributed by atoms with Gasteiger partial charge in [-0.2, -0.15) is 0 Å². The van der Waals surface area contributed by atoms with Crippen molar-refractivity contribution in [1.29, 1.82) is 0 Å². The number of pyridine rings is 1. The van der Waals surface area contributed by atoms with Gasteiger partial charge in [0.2, 0.25) is 0 Å². The van der Waals surface area contributed by atoms with Crippen molar-refractivity contribution in [2.75, 3.05) is 13.7 Å². The predicted octanol–water partition coefficient (Wildman–Crippen LogP) is 3.16. The van der Waals surface area contributed by atoms with E-state index in [1.807, 2.05) is 19.9 Å². The number of hydrogen-bond acceptors (Lipinski definition) is 3. The SMILES string of the molecule is COc1c(C)cnc(CC(CO)c2cccc(F)c2)c1C. The Morgan fingerprint density at radius 2 is 2.10 bits per heavy atom. The molecule has 112 valence electrons. The normalized spacial score (nSPS) is 12.2. The average Bonchev–Trinajstić information content (AvgIpc) is 2.47. The van der Waals surface area contributed by atoms with E-state index in [0.717, 1.165) is 28.1 Å². The van der Waals surface area contributed by atoms with Gasteiger partial charge in [-0.05, 0) is 38.0 Å². The third-order valence-corrected chi connectivity index (χ3v) is 3.73. The lowest BCUT2D eigenvalue weighted by Crippen LogP contribution is -2.11. The molecule has 0 amide bonds. The first-order valence-corrected chi connectivity index (χ1v) is 6.92. The molecule has 3 nitrogen and oxygen atoms in total. The number of aryl methyl sites for hydroxylation is 1. The highest BCUT2D eigenvalue weighted by atomic mass is 19.1. The number of aromatic nitrogens is 1. The van der Waals surface area contributed by atoms with Crippen molar-refractivity contribution >= 4 is 0 Å². The fourth-order valence-electron chi connectivity index (χ4n) is 2.56. The summed E-state index contributed by atoms with van der Waals surface area (Å²) in [5.41, 5.74) is 3.58. The maximum Gasteiger partial charge on any atom is 0.128 e. The Morgan fingerprint density at radius 1 is 1.33 bits per heavy atom. The molecule has 4 heteroatoms. The standard InChI is InChI=1S/C17H20FNO2/c1-11-9-19-16(12(2)17(11)21-3)8-14(10-20)13-5-4-6-15(18)7-13/h4-7,9,14,20H,8,10H2,1-3H3. The zero-order valence-corrected chi connectivity index (χ0v) is 12.6. The van der Waals surface area contributed by atoms with Gasteiger partial charge < -0.3 is 9.84 Å². The molecule has 0 saturated heterocycles. The van der Waals surface area contributed by atoms with Gasteiger partial charge in [0.05, 0.1) is 13.7 Å². The fraction of sp³-hybridized carbons (Fsp3) is 0.353. The number of rotatable bonds is 5. The number of methoxy groups -OCH3 is 1. The Hall–Kier alpha value is -1.94. The molecule has 1 unspecified atom stereocenters. The minimum Gasteiger partial charge on any atom is -0.496 e. The van der Waals surface area contributed by atoms with Crippen LogP contribution < -0.4 is 4.74 Å². The van der Waals surface area contributed by atoms with Gasteiger partial charge in [0.15, 0.2) is 0 Å². The minimum absolute atomic E-state index is 0.0548. The van der Waals surface area contributed by atoms with Gasteiger partial charge >= 0.3 is 0 Å². The zero-order valence-electron chi connectivity index (χ0n) is 12.6. The van der Waals surface area contributed by atoms with Crippen molar-refractivity contribution in [2.45, 2.75) is 26.2 Å². The molecule has 1 atom stereocenters. The van der Waals surface area contributed by atoms with E-state index in [0.29, 0.717) is 6.42 Å². The molecule has 1 heterocycles. The Kier molecular flexibility index (Phi) is 4.91. The third-order valence-electron chi connectivity index (χ3n) is 3.73. The number of nitrogens with zero attached hydrogens (tertiary/aromatic N) is 1. The lowest BCUT2D eigenvalue weighted by Gasteiger charge is -2.17. The summed E-state index contributed by atoms with van der Waals surface area (Å²) in [6, 6.07) is 6.34. The van der Waals surface area contributed by atoms with Crippen LogP contribution in [0, 0.1) is 19.7 Å². The van der Waals surface area contributed by atoms with Gasteiger partial charge in [-0.25, -0.2) is 4.39 Å². The van der Waals surface area contributed by atoms with E-state index in [9.17, 15) is 9.50 Å². The minimum atomic E-state index is -0.294. The summed E-state index contributed by atoms with van der Waals surface area (Å²) in [7, 11) is 1.63. The molecule has 0 bridgehead atoms. The molecule has 0 aliphatic heterocycles. The average molecular weight is 289 g/mol. The first-order valence-electron chi connectivity index (χ1n) is 6.92. The molecule has 0 aliphatic carbocycles. The van der Waals surface area contributed by atoms with E-state index < -0.39 is 0 Å². The van der Waals surface area contributed by atoms with Gasteiger partial charge in [0, 0.05) is 28.9 Å². The third kappa shape index (κ3) is 3.39. The lowest BCUT2D eigenvalue weighted by molar-refractivity contribution is 0.263. The maximum absolute atomic E-state index is 13.3. The van der Waals surface area contributed by atoms with Gasteiger partial charge in [-0.15, -0.1) is 0 Å². The van der Waals surface area contributed by atoms with Crippen LogP contribution in [-0.4, -0.2) is 23.8 Å². The van der Waals surface area contributed by atoms with Crippen LogP contribution >= 0.6 is 0 Å². The van der Waals surface area contributed by atoms with E-state index in [1.54, 1.807) is 19.4 Å². The maximum atomic E-state index is 13.3. The Bertz CT molecular complexity index is 628. The van der Waals surface area contributed by atoms with Crippen molar-refractivity contribution in [3.8, 4) is 5.75 Å². The van der Waals surface area contributed by atoms with Gasteiger partial charge in [-0.1, -0.05) is 12.1 Å². The molecular weight excluding hydrogens is 269 g/mol. The highest BCUT2D eigenvalue weighted by Gasteiger charge is 2.17. The summed E-state index contributed by atoms with van der Waals surface area (Å²) >= 11 is 0. The molecule has 2 rings (SSSR count). The quantitative estimate of drug-likeness (QED) is 0.919. The van der Waals surface area contributed by atoms with Crippen molar-refractivity contribution in [1.82, 2.24) is 4.98 Å². The molecule has 1 aromatic heterocycles. The van der Waals surface area contributed by atoms with Crippen LogP contribution in [0.25, 0.3) is 0 Å². The van der Waals surface area contributed by atoms with E-state index in [4.69, 9.17) is 4.74 Å². The Balaban J connectivity index is 2.31. The van der Waals surface area contributed by atoms with Crippen LogP contribution in [-0.2, 0) is 6.42 Å². The van der Waals surface area contributed by atoms with Crippen LogP contribution in [0.4, 0.5) is 4.39 Å². The molecule has 21 heavy (non-hydrogen) atoms. The van der Waals surface area contributed by atoms with E-state index in [-0.39, 0.29) is 18.3 Å². The summed E-state index contributed by atoms with van der Waals surface area (Å²) in [6.45, 7) is 3.84. The first-order chi connectivity index (χ1) is 10.1. The topological polar surface area (TPSA) is 42.4 Å². The second-order valence-corrected chi connectivity index (χ2v) is 5.18. The predicted molar refractivity (Wildman–Crippen MR) is 80.2 cm³/mol. The zero-order chi connectivity index (χ0) is 15.4. The number of aliphatic hydroxyl groups is 1. The molecular formula is C17H20FNO2. The molecule has 2 aromatic rings. The molecule has 0 saturated carbocycles. The highest BCUT2D eigenvalue weighted by molar-refractivity contribution is 5.41. The lowest BCUT2D eigenvalue weighted by atomic mass is 9.93. The number of benzene rings is 1. The number of ether oxygens (including phenoxy) is 1. The molecule has 1 aromatic carbocycles. The van der Waals surface area contributed by atoms with Crippen molar-refractivity contribution in [3.05, 3.63) is 58.7 Å². The van der Waals surface area contributed by atoms with Gasteiger partial charge in [-0.3, -0.25) is 4.98 Å².